The van der Waals surface area contributed by atoms with Crippen LogP contribution in [0.25, 0.3) is 39.0 Å². The number of phenols is 1. The van der Waals surface area contributed by atoms with Crippen molar-refractivity contribution in [3.05, 3.63) is 54.5 Å². The smallest absolute Gasteiger partial charge is 0.125 e. The van der Waals surface area contributed by atoms with E-state index < -0.39 is 0 Å². The van der Waals surface area contributed by atoms with Crippen molar-refractivity contribution in [2.24, 2.45) is 0 Å². The average Bonchev–Trinajstić information content (AvgIpc) is 3.47. The number of hydrogen-bond acceptors (Lipinski definition) is 5. The Kier molecular flexibility index (Phi) is 4.56. The van der Waals surface area contributed by atoms with Crippen LogP contribution in [0, 0.1) is 0 Å². The number of fused-ring (bicyclic) bond motifs is 3. The fraction of sp³-hybridized carbons (Fsp3) is 0.227. The number of H-pyrrole nitrogens is 2. The van der Waals surface area contributed by atoms with Crippen LogP contribution >= 0.6 is 12.4 Å². The first-order valence-electron chi connectivity index (χ1n) is 9.89. The predicted octanol–water partition coefficient (Wildman–Crippen LogP) is 4.05. The number of aromatic hydroxyl groups is 1. The van der Waals surface area contributed by atoms with Crippen LogP contribution in [0.5, 0.6) is 5.75 Å². The molecule has 0 aliphatic carbocycles. The molecule has 4 aromatic rings. The highest BCUT2D eigenvalue weighted by molar-refractivity contribution is 5.91. The first kappa shape index (κ1) is 18.8. The van der Waals surface area contributed by atoms with E-state index in [1.165, 1.54) is 18.4 Å². The van der Waals surface area contributed by atoms with E-state index in [1.807, 2.05) is 24.4 Å². The molecule has 3 aromatic heterocycles. The molecule has 30 heavy (non-hydrogen) atoms. The van der Waals surface area contributed by atoms with E-state index in [0.717, 1.165) is 34.1 Å². The highest BCUT2D eigenvalue weighted by Crippen LogP contribution is 2.36. The fourth-order valence-corrected chi connectivity index (χ4v) is 4.55. The summed E-state index contributed by atoms with van der Waals surface area (Å²) in [7, 11) is 0. The summed E-state index contributed by atoms with van der Waals surface area (Å²) < 4.78 is 0. The first-order chi connectivity index (χ1) is 14.2. The van der Waals surface area contributed by atoms with Crippen molar-refractivity contribution in [1.82, 2.24) is 30.7 Å². The average molecular weight is 421 g/mol. The topological polar surface area (TPSA) is 103 Å². The second-order valence-corrected chi connectivity index (χ2v) is 7.86. The third kappa shape index (κ3) is 3.07. The minimum absolute atomic E-state index is 0. The van der Waals surface area contributed by atoms with E-state index in [0.29, 0.717) is 23.3 Å². The largest absolute Gasteiger partial charge is 0.507 e. The molecule has 0 amide bonds. The highest BCUT2D eigenvalue weighted by Gasteiger charge is 2.29. The van der Waals surface area contributed by atoms with Gasteiger partial charge in [-0.15, -0.1) is 22.6 Å². The molecule has 2 aliphatic heterocycles. The molecule has 1 aromatic carbocycles. The number of phenolic OH excluding ortho intramolecular Hbond substituents is 1. The van der Waals surface area contributed by atoms with Gasteiger partial charge in [-0.05, 0) is 48.6 Å². The maximum Gasteiger partial charge on any atom is 0.125 e. The second kappa shape index (κ2) is 7.27. The Bertz CT molecular complexity index is 1250. The lowest BCUT2D eigenvalue weighted by Crippen LogP contribution is -2.31. The Morgan fingerprint density at radius 2 is 1.93 bits per heavy atom. The molecule has 2 unspecified atom stereocenters. The van der Waals surface area contributed by atoms with Crippen molar-refractivity contribution in [2.45, 2.75) is 31.3 Å². The molecule has 0 saturated carbocycles. The maximum absolute atomic E-state index is 10.6. The summed E-state index contributed by atoms with van der Waals surface area (Å²) in [5, 5.41) is 29.9. The molecule has 5 heterocycles. The van der Waals surface area contributed by atoms with Crippen molar-refractivity contribution in [3.63, 3.8) is 0 Å². The van der Waals surface area contributed by atoms with E-state index >= 15 is 0 Å². The van der Waals surface area contributed by atoms with Gasteiger partial charge < -0.3 is 15.4 Å². The van der Waals surface area contributed by atoms with E-state index in [2.05, 4.69) is 36.8 Å². The lowest BCUT2D eigenvalue weighted by atomic mass is 9.97. The molecular formula is C22H21ClN6O. The standard InChI is InChI=1S/C22H20N6O.ClH/c29-21-7-12(14-9-24-25-10-14)1-4-17(21)19-8-20-22(28-27-19)18(11-23-20)13-5-15-2-3-16(6-13)26-15;/h1,4-5,7-11,15-16,23,26,29H,2-3,6H2,(H,24,25);1H. The van der Waals surface area contributed by atoms with E-state index in [-0.39, 0.29) is 18.2 Å². The van der Waals surface area contributed by atoms with Crippen LogP contribution in [-0.4, -0.2) is 42.6 Å². The second-order valence-electron chi connectivity index (χ2n) is 7.86. The normalized spacial score (nSPS) is 20.2. The van der Waals surface area contributed by atoms with Crippen molar-refractivity contribution in [1.29, 1.82) is 0 Å². The van der Waals surface area contributed by atoms with Gasteiger partial charge in [-0.25, -0.2) is 0 Å². The van der Waals surface area contributed by atoms with Gasteiger partial charge in [-0.3, -0.25) is 5.10 Å². The van der Waals surface area contributed by atoms with Crippen molar-refractivity contribution >= 4 is 29.0 Å². The van der Waals surface area contributed by atoms with E-state index in [4.69, 9.17) is 0 Å². The number of aromatic amines is 2. The van der Waals surface area contributed by atoms with Crippen molar-refractivity contribution in [2.75, 3.05) is 0 Å². The third-order valence-corrected chi connectivity index (χ3v) is 6.02. The molecule has 1 fully saturated rings. The van der Waals surface area contributed by atoms with Gasteiger partial charge in [0.2, 0.25) is 0 Å². The summed E-state index contributed by atoms with van der Waals surface area (Å²) >= 11 is 0. The van der Waals surface area contributed by atoms with Crippen LogP contribution < -0.4 is 5.32 Å². The summed E-state index contributed by atoms with van der Waals surface area (Å²) in [6, 6.07) is 8.54. The Hall–Kier alpha value is -3.16. The van der Waals surface area contributed by atoms with Crippen LogP contribution in [0.3, 0.4) is 0 Å². The van der Waals surface area contributed by atoms with Crippen LogP contribution in [0.1, 0.15) is 24.8 Å². The zero-order valence-corrected chi connectivity index (χ0v) is 16.9. The molecule has 152 valence electrons. The third-order valence-electron chi connectivity index (χ3n) is 6.02. The first-order valence-corrected chi connectivity index (χ1v) is 9.89. The highest BCUT2D eigenvalue weighted by atomic mass is 35.5. The monoisotopic (exact) mass is 420 g/mol. The maximum atomic E-state index is 10.6. The molecule has 8 heteroatoms. The molecule has 2 bridgehead atoms. The van der Waals surface area contributed by atoms with Gasteiger partial charge in [-0.2, -0.15) is 5.10 Å². The Labute approximate surface area is 179 Å². The molecule has 0 spiro atoms. The minimum atomic E-state index is 0. The molecule has 6 rings (SSSR count). The van der Waals surface area contributed by atoms with Gasteiger partial charge in [0.1, 0.15) is 11.3 Å². The quantitative estimate of drug-likeness (QED) is 0.400. The number of aromatic nitrogens is 5. The van der Waals surface area contributed by atoms with Crippen molar-refractivity contribution < 1.29 is 5.11 Å². The predicted molar refractivity (Wildman–Crippen MR) is 118 cm³/mol. The SMILES string of the molecule is Cl.Oc1cc(-c2cn[nH]c2)ccc1-c1cc2[nH]cc(C3=CC4CCC(C3)N4)c2nn1. The number of nitrogens with zero attached hydrogens (tertiary/aromatic N) is 3. The minimum Gasteiger partial charge on any atom is -0.507 e. The summed E-state index contributed by atoms with van der Waals surface area (Å²) in [5.74, 6) is 0.168. The Morgan fingerprint density at radius 3 is 2.73 bits per heavy atom. The Morgan fingerprint density at radius 1 is 1.00 bits per heavy atom. The summed E-state index contributed by atoms with van der Waals surface area (Å²) in [5.41, 5.74) is 7.40. The van der Waals surface area contributed by atoms with E-state index in [9.17, 15) is 5.11 Å². The van der Waals surface area contributed by atoms with Crippen molar-refractivity contribution in [3.8, 4) is 28.1 Å². The number of benzene rings is 1. The summed E-state index contributed by atoms with van der Waals surface area (Å²) in [4.78, 5) is 3.34. The summed E-state index contributed by atoms with van der Waals surface area (Å²) in [6.07, 6.45) is 11.4. The molecular weight excluding hydrogens is 400 g/mol. The van der Waals surface area contributed by atoms with Gasteiger partial charge in [0.25, 0.3) is 0 Å². The zero-order valence-electron chi connectivity index (χ0n) is 16.1. The van der Waals surface area contributed by atoms with E-state index in [1.54, 1.807) is 18.5 Å². The molecule has 2 aliphatic rings. The molecule has 1 saturated heterocycles. The van der Waals surface area contributed by atoms with Crippen LogP contribution in [0.2, 0.25) is 0 Å². The van der Waals surface area contributed by atoms with Crippen LogP contribution in [0.15, 0.2) is 48.9 Å². The van der Waals surface area contributed by atoms with Gasteiger partial charge in [0.15, 0.2) is 0 Å². The number of nitrogens with one attached hydrogen (secondary N) is 3. The van der Waals surface area contributed by atoms with Crippen LogP contribution in [0.4, 0.5) is 0 Å². The van der Waals surface area contributed by atoms with Gasteiger partial charge in [-0.1, -0.05) is 12.1 Å². The zero-order chi connectivity index (χ0) is 19.4. The molecule has 4 N–H and O–H groups in total. The van der Waals surface area contributed by atoms with Gasteiger partial charge in [0, 0.05) is 41.2 Å². The summed E-state index contributed by atoms with van der Waals surface area (Å²) in [6.45, 7) is 0. The molecule has 2 atom stereocenters. The fourth-order valence-electron chi connectivity index (χ4n) is 4.55. The van der Waals surface area contributed by atoms with Gasteiger partial charge >= 0.3 is 0 Å². The van der Waals surface area contributed by atoms with Gasteiger partial charge in [0.05, 0.1) is 17.4 Å². The van der Waals surface area contributed by atoms with Crippen LogP contribution in [-0.2, 0) is 0 Å². The number of halogens is 1. The lowest BCUT2D eigenvalue weighted by molar-refractivity contribution is 0.477. The number of hydrogen-bond donors (Lipinski definition) is 4. The number of rotatable bonds is 3. The molecule has 7 nitrogen and oxygen atoms in total. The lowest BCUT2D eigenvalue weighted by Gasteiger charge is -2.20. The molecule has 0 radical (unpaired) electrons. The Balaban J connectivity index is 0.00000193.